The van der Waals surface area contributed by atoms with Gasteiger partial charge in [-0.2, -0.15) is 0 Å². The molecule has 0 saturated carbocycles. The molecule has 1 saturated heterocycles. The normalized spacial score (nSPS) is 16.8. The maximum Gasteiger partial charge on any atom is 0.255 e. The van der Waals surface area contributed by atoms with Crippen LogP contribution < -0.4 is 14.9 Å². The Hall–Kier alpha value is -2.51. The molecule has 1 aliphatic rings. The van der Waals surface area contributed by atoms with Crippen LogP contribution in [0.5, 0.6) is 0 Å². The Morgan fingerprint density at radius 1 is 1.31 bits per heavy atom. The maximum absolute atomic E-state index is 13.4. The molecule has 29 heavy (non-hydrogen) atoms. The molecule has 3 aromatic rings. The molecule has 4 rings (SSSR count). The maximum atomic E-state index is 13.4. The molecule has 0 bridgehead atoms. The minimum atomic E-state index is -0.336. The molecule has 0 spiro atoms. The van der Waals surface area contributed by atoms with Gasteiger partial charge in [0.05, 0.1) is 11.3 Å². The molecule has 1 amide bonds. The molecule has 1 atom stereocenters. The van der Waals surface area contributed by atoms with E-state index in [9.17, 15) is 9.18 Å². The number of rotatable bonds is 4. The van der Waals surface area contributed by atoms with Crippen LogP contribution in [0.25, 0.3) is 22.3 Å². The zero-order valence-electron chi connectivity index (χ0n) is 16.5. The minimum Gasteiger partial charge on any atom is -0.455 e. The first kappa shape index (κ1) is 19.8. The van der Waals surface area contributed by atoms with Gasteiger partial charge in [-0.25, -0.2) is 4.39 Å². The van der Waals surface area contributed by atoms with Crippen LogP contribution in [0.15, 0.2) is 40.8 Å². The number of carbonyl (C=O) groups is 1. The Balaban J connectivity index is 1.95. The highest BCUT2D eigenvalue weighted by Gasteiger charge is 2.26. The highest BCUT2D eigenvalue weighted by Crippen LogP contribution is 2.40. The van der Waals surface area contributed by atoms with E-state index < -0.39 is 0 Å². The molecule has 1 aliphatic heterocycles. The van der Waals surface area contributed by atoms with E-state index in [0.29, 0.717) is 28.4 Å². The summed E-state index contributed by atoms with van der Waals surface area (Å²) in [6.07, 6.45) is 2.18. The predicted molar refractivity (Wildman–Crippen MR) is 117 cm³/mol. The summed E-state index contributed by atoms with van der Waals surface area (Å²) in [5.74, 6) is 0.200. The molecule has 1 fully saturated rings. The van der Waals surface area contributed by atoms with E-state index in [1.165, 1.54) is 12.1 Å². The van der Waals surface area contributed by atoms with Crippen molar-refractivity contribution in [3.8, 4) is 11.3 Å². The summed E-state index contributed by atoms with van der Waals surface area (Å²) in [7, 11) is 3.48. The molecule has 7 heteroatoms. The first-order valence-electron chi connectivity index (χ1n) is 9.71. The summed E-state index contributed by atoms with van der Waals surface area (Å²) < 4.78 is 21.3. The first-order valence-corrected chi connectivity index (χ1v) is 10.1. The molecule has 1 aromatic heterocycles. The number of nitrogens with one attached hydrogen (secondary N) is 2. The number of hydrogen-bond donors (Lipinski definition) is 3. The topological polar surface area (TPSA) is 57.5 Å². The quantitative estimate of drug-likeness (QED) is 0.557. The van der Waals surface area contributed by atoms with Crippen molar-refractivity contribution in [1.29, 1.82) is 0 Å². The molecule has 1 unspecified atom stereocenters. The van der Waals surface area contributed by atoms with Crippen molar-refractivity contribution in [1.82, 2.24) is 10.6 Å². The molecular formula is C22H24FN3O2S. The third kappa shape index (κ3) is 3.72. The standard InChI is InChI=1S/C22H24FN3O2S/c1-24-22(27)20-17-10-16(14-4-3-9-25-12-14)18(26(2)29)11-19(17)28-21(20)13-5-7-15(23)8-6-13/h5-8,10-11,14,25,29H,3-4,9,12H2,1-2H3,(H,24,27). The fourth-order valence-electron chi connectivity index (χ4n) is 4.03. The van der Waals surface area contributed by atoms with Crippen LogP contribution in [0.1, 0.15) is 34.7 Å². The van der Waals surface area contributed by atoms with E-state index in [0.717, 1.165) is 42.6 Å². The number of piperidine rings is 1. The van der Waals surface area contributed by atoms with Crippen LogP contribution in [0.2, 0.25) is 0 Å². The summed E-state index contributed by atoms with van der Waals surface area (Å²) in [4.78, 5) is 12.8. The van der Waals surface area contributed by atoms with Crippen LogP contribution in [0.3, 0.4) is 0 Å². The van der Waals surface area contributed by atoms with Gasteiger partial charge < -0.3 is 19.4 Å². The molecule has 5 nitrogen and oxygen atoms in total. The third-order valence-corrected chi connectivity index (χ3v) is 5.70. The lowest BCUT2D eigenvalue weighted by atomic mass is 9.89. The Kier molecular flexibility index (Phi) is 5.52. The van der Waals surface area contributed by atoms with Gasteiger partial charge in [0.1, 0.15) is 17.2 Å². The third-order valence-electron chi connectivity index (χ3n) is 5.48. The second-order valence-corrected chi connectivity index (χ2v) is 7.97. The lowest BCUT2D eigenvalue weighted by molar-refractivity contribution is 0.0964. The number of carbonyl (C=O) groups excluding carboxylic acids is 1. The fourth-order valence-corrected chi connectivity index (χ4v) is 4.20. The number of fused-ring (bicyclic) bond motifs is 1. The zero-order chi connectivity index (χ0) is 20.5. The Labute approximate surface area is 174 Å². The van der Waals surface area contributed by atoms with E-state index in [1.54, 1.807) is 23.5 Å². The van der Waals surface area contributed by atoms with Gasteiger partial charge in [-0.1, -0.05) is 12.8 Å². The summed E-state index contributed by atoms with van der Waals surface area (Å²) >= 11 is 4.53. The number of amides is 1. The average molecular weight is 414 g/mol. The number of halogens is 1. The van der Waals surface area contributed by atoms with Crippen LogP contribution in [0, 0.1) is 5.82 Å². The number of furan rings is 1. The Bertz CT molecular complexity index is 1040. The second kappa shape index (κ2) is 8.08. The van der Waals surface area contributed by atoms with E-state index in [4.69, 9.17) is 4.42 Å². The van der Waals surface area contributed by atoms with Gasteiger partial charge in [0, 0.05) is 37.7 Å². The van der Waals surface area contributed by atoms with Crippen molar-refractivity contribution in [2.24, 2.45) is 0 Å². The zero-order valence-corrected chi connectivity index (χ0v) is 17.4. The molecule has 2 aromatic carbocycles. The molecule has 2 heterocycles. The smallest absolute Gasteiger partial charge is 0.255 e. The summed E-state index contributed by atoms with van der Waals surface area (Å²) in [6, 6.07) is 9.96. The SMILES string of the molecule is CNC(=O)c1c(-c2ccc(F)cc2)oc2cc(N(C)S)c(C3CCCNC3)cc12. The molecule has 0 radical (unpaired) electrons. The van der Waals surface area contributed by atoms with Gasteiger partial charge in [0.2, 0.25) is 0 Å². The largest absolute Gasteiger partial charge is 0.455 e. The lowest BCUT2D eigenvalue weighted by Gasteiger charge is -2.27. The van der Waals surface area contributed by atoms with Crippen molar-refractivity contribution in [2.75, 3.05) is 31.5 Å². The highest BCUT2D eigenvalue weighted by atomic mass is 32.1. The van der Waals surface area contributed by atoms with Crippen molar-refractivity contribution in [2.45, 2.75) is 18.8 Å². The number of thiol groups is 1. The van der Waals surface area contributed by atoms with Crippen molar-refractivity contribution < 1.29 is 13.6 Å². The number of nitrogens with zero attached hydrogens (tertiary/aromatic N) is 1. The van der Waals surface area contributed by atoms with Crippen LogP contribution >= 0.6 is 12.8 Å². The van der Waals surface area contributed by atoms with Crippen LogP contribution in [0.4, 0.5) is 10.1 Å². The lowest BCUT2D eigenvalue weighted by Crippen LogP contribution is -2.29. The van der Waals surface area contributed by atoms with Crippen molar-refractivity contribution in [3.05, 3.63) is 53.3 Å². The van der Waals surface area contributed by atoms with Gasteiger partial charge in [-0.3, -0.25) is 4.79 Å². The van der Waals surface area contributed by atoms with Crippen molar-refractivity contribution >= 4 is 35.4 Å². The number of benzene rings is 2. The van der Waals surface area contributed by atoms with E-state index >= 15 is 0 Å². The summed E-state index contributed by atoms with van der Waals surface area (Å²) in [6.45, 7) is 1.91. The summed E-state index contributed by atoms with van der Waals surface area (Å²) in [5, 5.41) is 6.91. The monoisotopic (exact) mass is 413 g/mol. The van der Waals surface area contributed by atoms with Gasteiger partial charge in [0.25, 0.3) is 5.91 Å². The molecular weight excluding hydrogens is 389 g/mol. The molecule has 0 aliphatic carbocycles. The first-order chi connectivity index (χ1) is 14.0. The molecule has 152 valence electrons. The van der Waals surface area contributed by atoms with Crippen LogP contribution in [-0.2, 0) is 0 Å². The second-order valence-electron chi connectivity index (χ2n) is 7.37. The van der Waals surface area contributed by atoms with Crippen molar-refractivity contribution in [3.63, 3.8) is 0 Å². The van der Waals surface area contributed by atoms with Gasteiger partial charge in [-0.15, -0.1) is 0 Å². The van der Waals surface area contributed by atoms with Gasteiger partial charge in [0.15, 0.2) is 0 Å². The van der Waals surface area contributed by atoms with E-state index in [-0.39, 0.29) is 11.7 Å². The predicted octanol–water partition coefficient (Wildman–Crippen LogP) is 4.35. The Morgan fingerprint density at radius 2 is 2.07 bits per heavy atom. The van der Waals surface area contributed by atoms with Crippen LogP contribution in [-0.4, -0.2) is 33.1 Å². The molecule has 2 N–H and O–H groups in total. The van der Waals surface area contributed by atoms with E-state index in [2.05, 4.69) is 29.5 Å². The number of anilines is 1. The summed E-state index contributed by atoms with van der Waals surface area (Å²) in [5.41, 5.74) is 3.82. The van der Waals surface area contributed by atoms with Gasteiger partial charge >= 0.3 is 0 Å². The fraction of sp³-hybridized carbons (Fsp3) is 0.318. The number of hydrogen-bond acceptors (Lipinski definition) is 5. The highest BCUT2D eigenvalue weighted by molar-refractivity contribution is 7.81. The van der Waals surface area contributed by atoms with Gasteiger partial charge in [-0.05, 0) is 61.2 Å². The minimum absolute atomic E-state index is 0.234. The van der Waals surface area contributed by atoms with E-state index in [1.807, 2.05) is 13.1 Å². The average Bonchev–Trinajstić information content (AvgIpc) is 3.11. The Morgan fingerprint density at radius 3 is 2.69 bits per heavy atom.